The Morgan fingerprint density at radius 1 is 1.33 bits per heavy atom. The smallest absolute Gasteiger partial charge is 0.0189 e. The number of hydrogen-bond donors (Lipinski definition) is 2. The van der Waals surface area contributed by atoms with Gasteiger partial charge in [0.25, 0.3) is 0 Å². The molecular weight excluding hydrogens is 184 g/mol. The average Bonchev–Trinajstić information content (AvgIpc) is 2.13. The van der Waals surface area contributed by atoms with Crippen LogP contribution in [0.5, 0.6) is 0 Å². The summed E-state index contributed by atoms with van der Waals surface area (Å²) in [4.78, 5) is 0. The first-order valence-corrected chi connectivity index (χ1v) is 5.74. The van der Waals surface area contributed by atoms with Crippen LogP contribution in [0.2, 0.25) is 0 Å². The van der Waals surface area contributed by atoms with Gasteiger partial charge in [0.2, 0.25) is 0 Å². The van der Waals surface area contributed by atoms with Gasteiger partial charge in [0.05, 0.1) is 0 Å². The summed E-state index contributed by atoms with van der Waals surface area (Å²) in [5.41, 5.74) is 12.4. The van der Waals surface area contributed by atoms with Crippen molar-refractivity contribution in [1.29, 1.82) is 0 Å². The van der Waals surface area contributed by atoms with E-state index < -0.39 is 0 Å². The van der Waals surface area contributed by atoms with Crippen LogP contribution in [0.3, 0.4) is 0 Å². The van der Waals surface area contributed by atoms with Crippen LogP contribution in [0.4, 0.5) is 0 Å². The molecule has 0 heterocycles. The molecule has 2 unspecified atom stereocenters. The first-order valence-electron chi connectivity index (χ1n) is 5.74. The normalized spacial score (nSPS) is 34.7. The fourth-order valence-electron chi connectivity index (χ4n) is 2.86. The van der Waals surface area contributed by atoms with Crippen LogP contribution in [0.15, 0.2) is 25.3 Å². The summed E-state index contributed by atoms with van der Waals surface area (Å²) < 4.78 is 0. The van der Waals surface area contributed by atoms with E-state index in [0.717, 1.165) is 32.1 Å². The van der Waals surface area contributed by atoms with Crippen LogP contribution in [0.1, 0.15) is 39.0 Å². The molecule has 0 spiro atoms. The maximum atomic E-state index is 6.44. The molecule has 2 heteroatoms. The predicted molar refractivity (Wildman–Crippen MR) is 66.5 cm³/mol. The summed E-state index contributed by atoms with van der Waals surface area (Å²) in [5, 5.41) is 0. The Kier molecular flexibility index (Phi) is 3.74. The zero-order chi connectivity index (χ0) is 11.5. The SMILES string of the molecule is C=CCC1(CC=C)CC(N)CCC1(C)N. The average molecular weight is 208 g/mol. The van der Waals surface area contributed by atoms with Crippen molar-refractivity contribution in [2.24, 2.45) is 16.9 Å². The van der Waals surface area contributed by atoms with Gasteiger partial charge in [0.1, 0.15) is 0 Å². The Morgan fingerprint density at radius 3 is 2.33 bits per heavy atom. The Bertz CT molecular complexity index is 233. The highest BCUT2D eigenvalue weighted by Crippen LogP contribution is 2.47. The quantitative estimate of drug-likeness (QED) is 0.697. The summed E-state index contributed by atoms with van der Waals surface area (Å²) in [6, 6.07) is 0.279. The number of rotatable bonds is 4. The lowest BCUT2D eigenvalue weighted by molar-refractivity contribution is 0.0683. The molecule has 86 valence electrons. The minimum Gasteiger partial charge on any atom is -0.328 e. The zero-order valence-electron chi connectivity index (χ0n) is 9.84. The van der Waals surface area contributed by atoms with Crippen molar-refractivity contribution >= 4 is 0 Å². The Labute approximate surface area is 93.4 Å². The van der Waals surface area contributed by atoms with Crippen molar-refractivity contribution in [3.8, 4) is 0 Å². The van der Waals surface area contributed by atoms with Crippen LogP contribution in [-0.4, -0.2) is 11.6 Å². The molecule has 0 aromatic rings. The highest BCUT2D eigenvalue weighted by molar-refractivity contribution is 5.09. The second kappa shape index (κ2) is 4.50. The van der Waals surface area contributed by atoms with Gasteiger partial charge in [-0.05, 0) is 44.4 Å². The van der Waals surface area contributed by atoms with Gasteiger partial charge in [-0.2, -0.15) is 0 Å². The largest absolute Gasteiger partial charge is 0.328 e. The van der Waals surface area contributed by atoms with Crippen molar-refractivity contribution in [1.82, 2.24) is 0 Å². The third kappa shape index (κ3) is 2.32. The minimum absolute atomic E-state index is 0.0637. The molecule has 0 radical (unpaired) electrons. The Hall–Kier alpha value is -0.600. The minimum atomic E-state index is -0.148. The van der Waals surface area contributed by atoms with Crippen LogP contribution < -0.4 is 11.5 Å². The van der Waals surface area contributed by atoms with E-state index in [1.54, 1.807) is 0 Å². The van der Waals surface area contributed by atoms with Crippen molar-refractivity contribution in [2.45, 2.75) is 50.6 Å². The number of hydrogen-bond acceptors (Lipinski definition) is 2. The predicted octanol–water partition coefficient (Wildman–Crippen LogP) is 2.35. The van der Waals surface area contributed by atoms with E-state index in [2.05, 4.69) is 20.1 Å². The van der Waals surface area contributed by atoms with E-state index in [4.69, 9.17) is 11.5 Å². The lowest BCUT2D eigenvalue weighted by Gasteiger charge is -2.51. The summed E-state index contributed by atoms with van der Waals surface area (Å²) in [7, 11) is 0. The molecule has 0 saturated heterocycles. The molecule has 1 fully saturated rings. The monoisotopic (exact) mass is 208 g/mol. The fourth-order valence-corrected chi connectivity index (χ4v) is 2.86. The molecule has 2 atom stereocenters. The van der Waals surface area contributed by atoms with E-state index >= 15 is 0 Å². The van der Waals surface area contributed by atoms with E-state index in [0.29, 0.717) is 0 Å². The van der Waals surface area contributed by atoms with Gasteiger partial charge in [0, 0.05) is 11.6 Å². The third-order valence-corrected chi connectivity index (χ3v) is 3.97. The van der Waals surface area contributed by atoms with Gasteiger partial charge in [-0.3, -0.25) is 0 Å². The van der Waals surface area contributed by atoms with Gasteiger partial charge in [-0.25, -0.2) is 0 Å². The molecule has 0 aromatic heterocycles. The molecule has 0 aliphatic heterocycles. The second-order valence-electron chi connectivity index (χ2n) is 5.19. The summed E-state index contributed by atoms with van der Waals surface area (Å²) in [5.74, 6) is 0. The maximum absolute atomic E-state index is 6.44. The molecule has 1 saturated carbocycles. The van der Waals surface area contributed by atoms with Gasteiger partial charge in [-0.1, -0.05) is 12.2 Å². The van der Waals surface area contributed by atoms with Gasteiger partial charge in [0.15, 0.2) is 0 Å². The number of allylic oxidation sites excluding steroid dienone is 2. The van der Waals surface area contributed by atoms with Gasteiger partial charge >= 0.3 is 0 Å². The zero-order valence-corrected chi connectivity index (χ0v) is 9.84. The highest BCUT2D eigenvalue weighted by Gasteiger charge is 2.47. The van der Waals surface area contributed by atoms with Crippen LogP contribution in [-0.2, 0) is 0 Å². The third-order valence-electron chi connectivity index (χ3n) is 3.97. The topological polar surface area (TPSA) is 52.0 Å². The van der Waals surface area contributed by atoms with Crippen molar-refractivity contribution < 1.29 is 0 Å². The van der Waals surface area contributed by atoms with E-state index in [9.17, 15) is 0 Å². The summed E-state index contributed by atoms with van der Waals surface area (Å²) in [6.07, 6.45) is 8.80. The summed E-state index contributed by atoms with van der Waals surface area (Å²) >= 11 is 0. The second-order valence-corrected chi connectivity index (χ2v) is 5.19. The molecule has 0 bridgehead atoms. The standard InChI is InChI=1S/C13H24N2/c1-4-7-13(8-5-2)10-11(14)6-9-12(13,3)15/h4-5,11H,1-2,6-10,14-15H2,3H3. The summed E-state index contributed by atoms with van der Waals surface area (Å²) in [6.45, 7) is 9.83. The van der Waals surface area contributed by atoms with Crippen molar-refractivity contribution in [2.75, 3.05) is 0 Å². The van der Waals surface area contributed by atoms with E-state index in [1.807, 2.05) is 12.2 Å². The fraction of sp³-hybridized carbons (Fsp3) is 0.692. The first kappa shape index (κ1) is 12.5. The molecule has 1 aliphatic carbocycles. The van der Waals surface area contributed by atoms with E-state index in [1.165, 1.54) is 0 Å². The molecule has 0 amide bonds. The van der Waals surface area contributed by atoms with E-state index in [-0.39, 0.29) is 17.0 Å². The van der Waals surface area contributed by atoms with Crippen molar-refractivity contribution in [3.63, 3.8) is 0 Å². The number of nitrogens with two attached hydrogens (primary N) is 2. The molecule has 15 heavy (non-hydrogen) atoms. The lowest BCUT2D eigenvalue weighted by atomic mass is 9.58. The molecule has 4 N–H and O–H groups in total. The molecule has 2 nitrogen and oxygen atoms in total. The molecule has 1 rings (SSSR count). The van der Waals surface area contributed by atoms with Crippen LogP contribution in [0, 0.1) is 5.41 Å². The van der Waals surface area contributed by atoms with Crippen LogP contribution in [0.25, 0.3) is 0 Å². The van der Waals surface area contributed by atoms with Crippen molar-refractivity contribution in [3.05, 3.63) is 25.3 Å². The Balaban J connectivity index is 2.97. The Morgan fingerprint density at radius 2 is 1.87 bits per heavy atom. The first-order chi connectivity index (χ1) is 6.97. The lowest BCUT2D eigenvalue weighted by Crippen LogP contribution is -2.58. The van der Waals surface area contributed by atoms with Gasteiger partial charge in [-0.15, -0.1) is 13.2 Å². The van der Waals surface area contributed by atoms with Crippen LogP contribution >= 0.6 is 0 Å². The molecule has 1 aliphatic rings. The molecule has 0 aromatic carbocycles. The highest BCUT2D eigenvalue weighted by atomic mass is 14.8. The molecular formula is C13H24N2. The van der Waals surface area contributed by atoms with Gasteiger partial charge < -0.3 is 11.5 Å². The maximum Gasteiger partial charge on any atom is 0.0189 e.